The highest BCUT2D eigenvalue weighted by atomic mass is 19.4. The fourth-order valence-electron chi connectivity index (χ4n) is 3.40. The summed E-state index contributed by atoms with van der Waals surface area (Å²) in [4.78, 5) is 28.5. The third-order valence-corrected chi connectivity index (χ3v) is 5.09. The summed E-state index contributed by atoms with van der Waals surface area (Å²) < 4.78 is 38.8. The van der Waals surface area contributed by atoms with Gasteiger partial charge in [0.1, 0.15) is 11.4 Å². The molecule has 3 heterocycles. The standard InChI is InChI=1S/C25H21F3N6O/c1-15-11-18(13-19(12-15)33-24-30-10-8-22(34-24)25(26,27)28)17-6-7-21(31-14-17)23(35)32-16(2)20-5-3-4-9-29-20/h3-14,16H,1-2H3,(H,32,35)(H,30,33,34). The van der Waals surface area contributed by atoms with Gasteiger partial charge in [-0.15, -0.1) is 0 Å². The van der Waals surface area contributed by atoms with Crippen LogP contribution in [0.15, 0.2) is 73.2 Å². The minimum atomic E-state index is -4.56. The molecule has 10 heteroatoms. The van der Waals surface area contributed by atoms with Gasteiger partial charge in [-0.05, 0) is 61.4 Å². The molecule has 0 saturated heterocycles. The maximum absolute atomic E-state index is 12.9. The van der Waals surface area contributed by atoms with E-state index < -0.39 is 11.9 Å². The van der Waals surface area contributed by atoms with Gasteiger partial charge < -0.3 is 10.6 Å². The number of aromatic nitrogens is 4. The smallest absolute Gasteiger partial charge is 0.343 e. The Morgan fingerprint density at radius 1 is 0.943 bits per heavy atom. The molecule has 4 aromatic rings. The van der Waals surface area contributed by atoms with Crippen LogP contribution in [0.2, 0.25) is 0 Å². The molecule has 1 unspecified atom stereocenters. The molecule has 4 rings (SSSR count). The molecule has 35 heavy (non-hydrogen) atoms. The molecule has 1 atom stereocenters. The number of halogens is 3. The molecule has 0 aliphatic heterocycles. The molecule has 0 bridgehead atoms. The SMILES string of the molecule is Cc1cc(Nc2nccc(C(F)(F)F)n2)cc(-c2ccc(C(=O)NC(C)c3ccccn3)nc2)c1. The molecular formula is C25H21F3N6O. The van der Waals surface area contributed by atoms with Crippen LogP contribution >= 0.6 is 0 Å². The predicted octanol–water partition coefficient (Wildman–Crippen LogP) is 5.50. The number of rotatable bonds is 6. The lowest BCUT2D eigenvalue weighted by Crippen LogP contribution is -2.27. The number of carbonyl (C=O) groups is 1. The monoisotopic (exact) mass is 478 g/mol. The fourth-order valence-corrected chi connectivity index (χ4v) is 3.40. The quantitative estimate of drug-likeness (QED) is 0.380. The van der Waals surface area contributed by atoms with Crippen LogP contribution in [0.3, 0.4) is 0 Å². The van der Waals surface area contributed by atoms with Crippen LogP contribution in [-0.2, 0) is 6.18 Å². The van der Waals surface area contributed by atoms with Crippen molar-refractivity contribution in [2.75, 3.05) is 5.32 Å². The molecule has 0 aliphatic rings. The van der Waals surface area contributed by atoms with Crippen molar-refractivity contribution < 1.29 is 18.0 Å². The van der Waals surface area contributed by atoms with E-state index in [-0.39, 0.29) is 23.6 Å². The minimum absolute atomic E-state index is 0.163. The largest absolute Gasteiger partial charge is 0.433 e. The molecule has 0 fully saturated rings. The number of pyridine rings is 2. The highest BCUT2D eigenvalue weighted by Gasteiger charge is 2.32. The number of hydrogen-bond donors (Lipinski definition) is 2. The lowest BCUT2D eigenvalue weighted by atomic mass is 10.0. The Hall–Kier alpha value is -4.34. The summed E-state index contributed by atoms with van der Waals surface area (Å²) in [6.07, 6.45) is -0.279. The van der Waals surface area contributed by atoms with E-state index in [1.807, 2.05) is 32.0 Å². The van der Waals surface area contributed by atoms with Crippen LogP contribution in [0.25, 0.3) is 11.1 Å². The lowest BCUT2D eigenvalue weighted by Gasteiger charge is -2.13. The van der Waals surface area contributed by atoms with Crippen molar-refractivity contribution in [3.8, 4) is 11.1 Å². The lowest BCUT2D eigenvalue weighted by molar-refractivity contribution is -0.141. The average molecular weight is 478 g/mol. The van der Waals surface area contributed by atoms with Crippen LogP contribution in [0, 0.1) is 6.92 Å². The molecule has 3 aromatic heterocycles. The zero-order valence-electron chi connectivity index (χ0n) is 18.8. The summed E-state index contributed by atoms with van der Waals surface area (Å²) >= 11 is 0. The number of benzene rings is 1. The molecule has 0 spiro atoms. The second kappa shape index (κ2) is 9.88. The van der Waals surface area contributed by atoms with Crippen molar-refractivity contribution in [2.24, 2.45) is 0 Å². The van der Waals surface area contributed by atoms with Crippen LogP contribution in [0.4, 0.5) is 24.8 Å². The van der Waals surface area contributed by atoms with E-state index in [4.69, 9.17) is 0 Å². The molecule has 0 saturated carbocycles. The summed E-state index contributed by atoms with van der Waals surface area (Å²) in [6, 6.07) is 14.8. The van der Waals surface area contributed by atoms with Crippen molar-refractivity contribution in [2.45, 2.75) is 26.1 Å². The molecule has 0 aliphatic carbocycles. The Kier molecular flexibility index (Phi) is 6.72. The van der Waals surface area contributed by atoms with Crippen molar-refractivity contribution in [3.63, 3.8) is 0 Å². The second-order valence-corrected chi connectivity index (χ2v) is 7.86. The number of amides is 1. The van der Waals surface area contributed by atoms with Crippen molar-refractivity contribution in [1.82, 2.24) is 25.3 Å². The summed E-state index contributed by atoms with van der Waals surface area (Å²) in [5.74, 6) is -0.494. The van der Waals surface area contributed by atoms with Gasteiger partial charge >= 0.3 is 6.18 Å². The number of hydrogen-bond acceptors (Lipinski definition) is 6. The first-order valence-electron chi connectivity index (χ1n) is 10.7. The molecule has 7 nitrogen and oxygen atoms in total. The van der Waals surface area contributed by atoms with Gasteiger partial charge in [-0.2, -0.15) is 13.2 Å². The Morgan fingerprint density at radius 3 is 2.46 bits per heavy atom. The highest BCUT2D eigenvalue weighted by molar-refractivity contribution is 5.92. The Bertz CT molecular complexity index is 1330. The van der Waals surface area contributed by atoms with Gasteiger partial charge in [-0.3, -0.25) is 14.8 Å². The Labute approximate surface area is 199 Å². The van der Waals surface area contributed by atoms with Crippen LogP contribution < -0.4 is 10.6 Å². The number of alkyl halides is 3. The van der Waals surface area contributed by atoms with Gasteiger partial charge in [0.25, 0.3) is 5.91 Å². The van der Waals surface area contributed by atoms with Gasteiger partial charge in [-0.25, -0.2) is 9.97 Å². The van der Waals surface area contributed by atoms with E-state index in [0.717, 1.165) is 34.6 Å². The van der Waals surface area contributed by atoms with E-state index in [2.05, 4.69) is 30.6 Å². The third-order valence-electron chi connectivity index (χ3n) is 5.09. The zero-order chi connectivity index (χ0) is 25.0. The average Bonchev–Trinajstić information content (AvgIpc) is 2.84. The number of nitrogens with zero attached hydrogens (tertiary/aromatic N) is 4. The van der Waals surface area contributed by atoms with Gasteiger partial charge in [0.05, 0.1) is 11.7 Å². The maximum atomic E-state index is 12.9. The zero-order valence-corrected chi connectivity index (χ0v) is 18.8. The van der Waals surface area contributed by atoms with E-state index >= 15 is 0 Å². The molecule has 178 valence electrons. The summed E-state index contributed by atoms with van der Waals surface area (Å²) in [7, 11) is 0. The van der Waals surface area contributed by atoms with E-state index in [1.165, 1.54) is 0 Å². The first-order chi connectivity index (χ1) is 16.7. The maximum Gasteiger partial charge on any atom is 0.433 e. The molecule has 0 radical (unpaired) electrons. The summed E-state index contributed by atoms with van der Waals surface area (Å²) in [6.45, 7) is 3.69. The first-order valence-corrected chi connectivity index (χ1v) is 10.7. The molecule has 2 N–H and O–H groups in total. The van der Waals surface area contributed by atoms with Crippen LogP contribution in [-0.4, -0.2) is 25.8 Å². The summed E-state index contributed by atoms with van der Waals surface area (Å²) in [5.41, 5.74) is 2.84. The topological polar surface area (TPSA) is 92.7 Å². The third kappa shape index (κ3) is 5.97. The number of nitrogens with one attached hydrogen (secondary N) is 2. The van der Waals surface area contributed by atoms with Crippen molar-refractivity contribution in [3.05, 3.63) is 95.8 Å². The van der Waals surface area contributed by atoms with Gasteiger partial charge in [0.15, 0.2) is 0 Å². The first kappa shape index (κ1) is 23.8. The van der Waals surface area contributed by atoms with E-state index in [0.29, 0.717) is 5.69 Å². The summed E-state index contributed by atoms with van der Waals surface area (Å²) in [5, 5.41) is 5.69. The van der Waals surface area contributed by atoms with Crippen molar-refractivity contribution >= 4 is 17.5 Å². The van der Waals surface area contributed by atoms with Gasteiger partial charge in [-0.1, -0.05) is 18.2 Å². The van der Waals surface area contributed by atoms with Gasteiger partial charge in [0.2, 0.25) is 5.95 Å². The van der Waals surface area contributed by atoms with Gasteiger partial charge in [0, 0.05) is 29.8 Å². The normalized spacial score (nSPS) is 12.1. The van der Waals surface area contributed by atoms with Crippen molar-refractivity contribution in [1.29, 1.82) is 0 Å². The minimum Gasteiger partial charge on any atom is -0.343 e. The van der Waals surface area contributed by atoms with E-state index in [1.54, 1.807) is 42.7 Å². The Balaban J connectivity index is 1.50. The number of aryl methyl sites for hydroxylation is 1. The number of anilines is 2. The number of carbonyl (C=O) groups excluding carboxylic acids is 1. The molecule has 1 aromatic carbocycles. The van der Waals surface area contributed by atoms with Crippen LogP contribution in [0.5, 0.6) is 0 Å². The van der Waals surface area contributed by atoms with E-state index in [9.17, 15) is 18.0 Å². The Morgan fingerprint density at radius 2 is 1.77 bits per heavy atom. The molecule has 1 amide bonds. The fraction of sp³-hybridized carbons (Fsp3) is 0.160. The predicted molar refractivity (Wildman–Crippen MR) is 125 cm³/mol. The highest BCUT2D eigenvalue weighted by Crippen LogP contribution is 2.29. The van der Waals surface area contributed by atoms with Crippen LogP contribution in [0.1, 0.15) is 40.4 Å². The molecular weight excluding hydrogens is 457 g/mol. The second-order valence-electron chi connectivity index (χ2n) is 7.86.